The first-order valence-electron chi connectivity index (χ1n) is 4.12. The van der Waals surface area contributed by atoms with E-state index in [1.54, 1.807) is 19.0 Å². The van der Waals surface area contributed by atoms with E-state index in [0.717, 1.165) is 0 Å². The average Bonchev–Trinajstić information content (AvgIpc) is 2.08. The fourth-order valence-electron chi connectivity index (χ4n) is 1.15. The fourth-order valence-corrected chi connectivity index (χ4v) is 1.15. The number of nitrogens with one attached hydrogen (secondary N) is 3. The topological polar surface area (TPSA) is 73.5 Å². The minimum Gasteiger partial charge on any atom is -0.341 e. The molecule has 0 aromatic carbocycles. The molecule has 0 aromatic rings. The third kappa shape index (κ3) is 2.24. The van der Waals surface area contributed by atoms with Crippen molar-refractivity contribution in [1.82, 2.24) is 20.9 Å². The third-order valence-electron chi connectivity index (χ3n) is 1.94. The molecule has 3 N–H and O–H groups in total. The fraction of sp³-hybridized carbons (Fsp3) is 0.714. The van der Waals surface area contributed by atoms with Gasteiger partial charge < -0.3 is 20.9 Å². The summed E-state index contributed by atoms with van der Waals surface area (Å²) in [5.41, 5.74) is 0. The van der Waals surface area contributed by atoms with Gasteiger partial charge in [0.1, 0.15) is 0 Å². The van der Waals surface area contributed by atoms with Crippen molar-refractivity contribution in [2.75, 3.05) is 27.2 Å². The number of hydrogen-bond donors (Lipinski definition) is 3. The Labute approximate surface area is 76.7 Å². The van der Waals surface area contributed by atoms with Gasteiger partial charge in [0.2, 0.25) is 0 Å². The van der Waals surface area contributed by atoms with Gasteiger partial charge in [0, 0.05) is 27.2 Å². The molecule has 6 heteroatoms. The van der Waals surface area contributed by atoms with Crippen molar-refractivity contribution in [2.45, 2.75) is 6.04 Å². The van der Waals surface area contributed by atoms with E-state index in [-0.39, 0.29) is 18.1 Å². The summed E-state index contributed by atoms with van der Waals surface area (Å²) in [4.78, 5) is 23.4. The Morgan fingerprint density at radius 3 is 2.31 bits per heavy atom. The summed E-state index contributed by atoms with van der Waals surface area (Å²) in [5.74, 6) is 0. The first-order valence-corrected chi connectivity index (χ1v) is 4.12. The van der Waals surface area contributed by atoms with E-state index in [1.807, 2.05) is 0 Å². The highest BCUT2D eigenvalue weighted by Gasteiger charge is 2.30. The molecule has 1 saturated heterocycles. The first kappa shape index (κ1) is 9.63. The van der Waals surface area contributed by atoms with Crippen LogP contribution in [0.2, 0.25) is 0 Å². The van der Waals surface area contributed by atoms with Crippen LogP contribution in [-0.4, -0.2) is 50.2 Å². The predicted octanol–water partition coefficient (Wildman–Crippen LogP) is -1.06. The average molecular weight is 186 g/mol. The molecule has 0 aliphatic carbocycles. The molecule has 0 radical (unpaired) electrons. The molecule has 1 fully saturated rings. The summed E-state index contributed by atoms with van der Waals surface area (Å²) in [5, 5.41) is 7.67. The Hall–Kier alpha value is -1.46. The van der Waals surface area contributed by atoms with Crippen LogP contribution >= 0.6 is 0 Å². The number of rotatable bonds is 1. The number of carbonyl (C=O) groups excluding carboxylic acids is 2. The molecule has 0 atom stereocenters. The minimum atomic E-state index is -0.207. The molecular formula is C7H14N4O2. The Morgan fingerprint density at radius 2 is 1.85 bits per heavy atom. The number of carbonyl (C=O) groups is 2. The maximum Gasteiger partial charge on any atom is 0.317 e. The summed E-state index contributed by atoms with van der Waals surface area (Å²) < 4.78 is 0. The van der Waals surface area contributed by atoms with Crippen LogP contribution in [0.25, 0.3) is 0 Å². The Balaban J connectivity index is 2.18. The predicted molar refractivity (Wildman–Crippen MR) is 47.4 cm³/mol. The second-order valence-corrected chi connectivity index (χ2v) is 2.88. The molecule has 6 nitrogen and oxygen atoms in total. The quantitative estimate of drug-likeness (QED) is 0.488. The van der Waals surface area contributed by atoms with E-state index in [4.69, 9.17) is 0 Å². The molecule has 0 saturated carbocycles. The van der Waals surface area contributed by atoms with Gasteiger partial charge in [0.05, 0.1) is 6.04 Å². The second-order valence-electron chi connectivity index (χ2n) is 2.88. The van der Waals surface area contributed by atoms with Gasteiger partial charge in [-0.25, -0.2) is 9.59 Å². The lowest BCUT2D eigenvalue weighted by Crippen LogP contribution is -2.63. The van der Waals surface area contributed by atoms with Crippen LogP contribution in [0, 0.1) is 0 Å². The van der Waals surface area contributed by atoms with E-state index in [0.29, 0.717) is 13.1 Å². The van der Waals surface area contributed by atoms with Crippen LogP contribution in [0.4, 0.5) is 9.59 Å². The van der Waals surface area contributed by atoms with E-state index < -0.39 is 0 Å². The smallest absolute Gasteiger partial charge is 0.317 e. The summed E-state index contributed by atoms with van der Waals surface area (Å²) in [7, 11) is 3.15. The number of nitrogens with zero attached hydrogens (tertiary/aromatic N) is 1. The zero-order chi connectivity index (χ0) is 9.84. The molecular weight excluding hydrogens is 172 g/mol. The summed E-state index contributed by atoms with van der Waals surface area (Å²) in [6.07, 6.45) is 0. The molecule has 13 heavy (non-hydrogen) atoms. The molecule has 1 rings (SSSR count). The summed E-state index contributed by atoms with van der Waals surface area (Å²) >= 11 is 0. The number of amides is 4. The highest BCUT2D eigenvalue weighted by Crippen LogP contribution is 2.06. The molecule has 0 unspecified atom stereocenters. The summed E-state index contributed by atoms with van der Waals surface area (Å²) in [6.45, 7) is 1.15. The van der Waals surface area contributed by atoms with Gasteiger partial charge in [0.15, 0.2) is 0 Å². The van der Waals surface area contributed by atoms with Gasteiger partial charge in [-0.2, -0.15) is 0 Å². The molecule has 74 valence electrons. The lowest BCUT2D eigenvalue weighted by Gasteiger charge is -2.38. The van der Waals surface area contributed by atoms with Gasteiger partial charge in [-0.1, -0.05) is 0 Å². The van der Waals surface area contributed by atoms with Crippen molar-refractivity contribution < 1.29 is 9.59 Å². The molecule has 0 bridgehead atoms. The van der Waals surface area contributed by atoms with Gasteiger partial charge >= 0.3 is 12.1 Å². The van der Waals surface area contributed by atoms with Crippen molar-refractivity contribution in [2.24, 2.45) is 0 Å². The van der Waals surface area contributed by atoms with Crippen molar-refractivity contribution >= 4 is 12.1 Å². The zero-order valence-electron chi connectivity index (χ0n) is 7.76. The molecule has 1 aliphatic rings. The maximum absolute atomic E-state index is 11.0. The second kappa shape index (κ2) is 3.97. The van der Waals surface area contributed by atoms with Crippen molar-refractivity contribution in [3.05, 3.63) is 0 Å². The van der Waals surface area contributed by atoms with Gasteiger partial charge in [-0.3, -0.25) is 0 Å². The molecule has 0 aromatic heterocycles. The van der Waals surface area contributed by atoms with Crippen LogP contribution in [-0.2, 0) is 0 Å². The lowest BCUT2D eigenvalue weighted by molar-refractivity contribution is 0.141. The van der Waals surface area contributed by atoms with Gasteiger partial charge in [-0.05, 0) is 0 Å². The van der Waals surface area contributed by atoms with Crippen molar-refractivity contribution in [3.63, 3.8) is 0 Å². The van der Waals surface area contributed by atoms with Crippen LogP contribution < -0.4 is 16.0 Å². The SMILES string of the molecule is CNC(=O)NC1CN(C(=O)NC)C1. The van der Waals surface area contributed by atoms with E-state index in [2.05, 4.69) is 16.0 Å². The standard InChI is InChI=1S/C7H14N4O2/c1-8-6(12)10-5-3-11(4-5)7(13)9-2/h5H,3-4H2,1-2H3,(H,9,13)(H2,8,10,12). The Morgan fingerprint density at radius 1 is 1.23 bits per heavy atom. The number of hydrogen-bond acceptors (Lipinski definition) is 2. The zero-order valence-corrected chi connectivity index (χ0v) is 7.76. The highest BCUT2D eigenvalue weighted by atomic mass is 16.2. The molecule has 1 aliphatic heterocycles. The van der Waals surface area contributed by atoms with E-state index >= 15 is 0 Å². The van der Waals surface area contributed by atoms with Gasteiger partial charge in [-0.15, -0.1) is 0 Å². The van der Waals surface area contributed by atoms with E-state index in [1.165, 1.54) is 0 Å². The van der Waals surface area contributed by atoms with Crippen molar-refractivity contribution in [3.8, 4) is 0 Å². The van der Waals surface area contributed by atoms with Crippen LogP contribution in [0.3, 0.4) is 0 Å². The largest absolute Gasteiger partial charge is 0.341 e. The first-order chi connectivity index (χ1) is 6.17. The maximum atomic E-state index is 11.0. The van der Waals surface area contributed by atoms with Crippen LogP contribution in [0.1, 0.15) is 0 Å². The Bertz CT molecular complexity index is 213. The third-order valence-corrected chi connectivity index (χ3v) is 1.94. The van der Waals surface area contributed by atoms with Gasteiger partial charge in [0.25, 0.3) is 0 Å². The lowest BCUT2D eigenvalue weighted by atomic mass is 10.1. The van der Waals surface area contributed by atoms with Crippen LogP contribution in [0.15, 0.2) is 0 Å². The van der Waals surface area contributed by atoms with E-state index in [9.17, 15) is 9.59 Å². The molecule has 1 heterocycles. The van der Waals surface area contributed by atoms with Crippen molar-refractivity contribution in [1.29, 1.82) is 0 Å². The molecule has 4 amide bonds. The number of urea groups is 2. The monoisotopic (exact) mass is 186 g/mol. The van der Waals surface area contributed by atoms with Crippen LogP contribution in [0.5, 0.6) is 0 Å². The number of likely N-dealkylation sites (tertiary alicyclic amines) is 1. The molecule has 0 spiro atoms. The minimum absolute atomic E-state index is 0.0808. The summed E-state index contributed by atoms with van der Waals surface area (Å²) in [6, 6.07) is -0.228. The normalized spacial score (nSPS) is 16.0. The highest BCUT2D eigenvalue weighted by molar-refractivity contribution is 5.77. The Kier molecular flexibility index (Phi) is 2.94.